The van der Waals surface area contributed by atoms with Gasteiger partial charge in [-0.15, -0.1) is 0 Å². The Morgan fingerprint density at radius 1 is 1.05 bits per heavy atom. The van der Waals surface area contributed by atoms with Gasteiger partial charge >= 0.3 is 0 Å². The molecule has 0 fully saturated rings. The number of aliphatic imine (C=N–C) groups is 1. The molecule has 0 unspecified atom stereocenters. The molecule has 4 rings (SSSR count). The van der Waals surface area contributed by atoms with Gasteiger partial charge in [-0.05, 0) is 22.8 Å². The van der Waals surface area contributed by atoms with Crippen LogP contribution in [0.3, 0.4) is 0 Å². The third kappa shape index (κ3) is 1.51. The van der Waals surface area contributed by atoms with E-state index in [1.54, 1.807) is 4.90 Å². The number of rotatable bonds is 0. The fourth-order valence-corrected chi connectivity index (χ4v) is 3.04. The molecule has 20 heavy (non-hydrogen) atoms. The predicted octanol–water partition coefficient (Wildman–Crippen LogP) is 1.90. The van der Waals surface area contributed by atoms with E-state index < -0.39 is 0 Å². The van der Waals surface area contributed by atoms with E-state index >= 15 is 0 Å². The Morgan fingerprint density at radius 3 is 2.80 bits per heavy atom. The van der Waals surface area contributed by atoms with Crippen molar-refractivity contribution in [1.29, 1.82) is 0 Å². The summed E-state index contributed by atoms with van der Waals surface area (Å²) in [6, 6.07) is 12.2. The van der Waals surface area contributed by atoms with Gasteiger partial charge in [-0.1, -0.05) is 36.4 Å². The van der Waals surface area contributed by atoms with Crippen LogP contribution >= 0.6 is 0 Å². The quantitative estimate of drug-likeness (QED) is 0.682. The van der Waals surface area contributed by atoms with Crippen LogP contribution in [-0.2, 0) is 16.0 Å². The van der Waals surface area contributed by atoms with E-state index in [1.807, 2.05) is 24.3 Å². The molecule has 0 aliphatic carbocycles. The van der Waals surface area contributed by atoms with Crippen molar-refractivity contribution in [3.63, 3.8) is 0 Å². The van der Waals surface area contributed by atoms with Gasteiger partial charge in [-0.2, -0.15) is 4.99 Å². The zero-order valence-corrected chi connectivity index (χ0v) is 10.8. The molecule has 2 aliphatic rings. The maximum absolute atomic E-state index is 11.9. The molecule has 4 heteroatoms. The monoisotopic (exact) mass is 264 g/mol. The van der Waals surface area contributed by atoms with Crippen molar-refractivity contribution in [1.82, 2.24) is 4.90 Å². The normalized spacial score (nSPS) is 17.8. The first-order valence-corrected chi connectivity index (χ1v) is 6.67. The van der Waals surface area contributed by atoms with E-state index in [2.05, 4.69) is 17.1 Å². The molecule has 0 atom stereocenters. The van der Waals surface area contributed by atoms with Crippen LogP contribution in [0.5, 0.6) is 0 Å². The number of nitrogens with zero attached hydrogens (tertiary/aromatic N) is 2. The number of amidine groups is 1. The van der Waals surface area contributed by atoms with Gasteiger partial charge in [0.25, 0.3) is 5.91 Å². The molecule has 2 aromatic rings. The van der Waals surface area contributed by atoms with Crippen LogP contribution < -0.4 is 0 Å². The lowest BCUT2D eigenvalue weighted by Crippen LogP contribution is -2.46. The van der Waals surface area contributed by atoms with Crippen LogP contribution in [0.1, 0.15) is 17.5 Å². The van der Waals surface area contributed by atoms with Crippen molar-refractivity contribution in [3.05, 3.63) is 47.5 Å². The van der Waals surface area contributed by atoms with E-state index in [0.29, 0.717) is 12.4 Å². The lowest BCUT2D eigenvalue weighted by atomic mass is 9.92. The summed E-state index contributed by atoms with van der Waals surface area (Å²) in [4.78, 5) is 29.2. The second kappa shape index (κ2) is 4.00. The molecule has 0 saturated carbocycles. The minimum atomic E-state index is -0.345. The lowest BCUT2D eigenvalue weighted by molar-refractivity contribution is -0.133. The molecular formula is C16H12N2O2. The summed E-state index contributed by atoms with van der Waals surface area (Å²) in [7, 11) is 0. The molecule has 0 N–H and O–H groups in total. The molecule has 0 radical (unpaired) electrons. The zero-order chi connectivity index (χ0) is 13.7. The van der Waals surface area contributed by atoms with Crippen molar-refractivity contribution in [2.45, 2.75) is 12.8 Å². The van der Waals surface area contributed by atoms with Crippen molar-refractivity contribution >= 4 is 28.4 Å². The molecule has 2 amide bonds. The number of carbonyl (C=O) groups is 2. The van der Waals surface area contributed by atoms with Crippen molar-refractivity contribution in [3.8, 4) is 0 Å². The Balaban J connectivity index is 1.99. The summed E-state index contributed by atoms with van der Waals surface area (Å²) in [6.45, 7) is 0.603. The van der Waals surface area contributed by atoms with Gasteiger partial charge < -0.3 is 0 Å². The maximum atomic E-state index is 11.9. The molecule has 2 aliphatic heterocycles. The van der Waals surface area contributed by atoms with Crippen LogP contribution in [0.4, 0.5) is 0 Å². The average molecular weight is 264 g/mol. The highest BCUT2D eigenvalue weighted by Gasteiger charge is 2.33. The van der Waals surface area contributed by atoms with Crippen LogP contribution in [0.2, 0.25) is 0 Å². The number of hydrogen-bond acceptors (Lipinski definition) is 2. The summed E-state index contributed by atoms with van der Waals surface area (Å²) >= 11 is 0. The molecule has 4 nitrogen and oxygen atoms in total. The maximum Gasteiger partial charge on any atom is 0.257 e. The molecular weight excluding hydrogens is 252 g/mol. The van der Waals surface area contributed by atoms with Crippen LogP contribution in [0, 0.1) is 0 Å². The van der Waals surface area contributed by atoms with Gasteiger partial charge in [0.1, 0.15) is 12.3 Å². The van der Waals surface area contributed by atoms with Gasteiger partial charge in [0.05, 0.1) is 0 Å². The third-order valence-electron chi connectivity index (χ3n) is 3.96. The Morgan fingerprint density at radius 2 is 1.90 bits per heavy atom. The van der Waals surface area contributed by atoms with Gasteiger partial charge in [-0.3, -0.25) is 14.5 Å². The SMILES string of the molecule is O=C1CC(=O)N2CCc3c(ccc4ccccc34)C2=N1. The Bertz CT molecular complexity index is 792. The number of fused-ring (bicyclic) bond motifs is 5. The minimum absolute atomic E-state index is 0.105. The summed E-state index contributed by atoms with van der Waals surface area (Å²) in [5.74, 6) is 0.0410. The highest BCUT2D eigenvalue weighted by atomic mass is 16.2. The van der Waals surface area contributed by atoms with E-state index in [1.165, 1.54) is 16.3 Å². The first kappa shape index (κ1) is 11.3. The zero-order valence-electron chi connectivity index (χ0n) is 10.8. The molecule has 0 bridgehead atoms. The topological polar surface area (TPSA) is 49.7 Å². The summed E-state index contributed by atoms with van der Waals surface area (Å²) in [5, 5.41) is 2.35. The standard InChI is InChI=1S/C16H12N2O2/c19-14-9-15(20)18-8-7-12-11-4-2-1-3-10(11)5-6-13(12)16(18)17-14/h1-6H,7-9H2. The molecule has 2 heterocycles. The van der Waals surface area contributed by atoms with Crippen molar-refractivity contribution in [2.24, 2.45) is 4.99 Å². The molecule has 0 saturated heterocycles. The second-order valence-electron chi connectivity index (χ2n) is 5.11. The number of carbonyl (C=O) groups excluding carboxylic acids is 2. The number of hydrogen-bond donors (Lipinski definition) is 0. The van der Waals surface area contributed by atoms with Crippen molar-refractivity contribution < 1.29 is 9.59 Å². The second-order valence-corrected chi connectivity index (χ2v) is 5.11. The van der Waals surface area contributed by atoms with Crippen LogP contribution in [0.25, 0.3) is 10.8 Å². The summed E-state index contributed by atoms with van der Waals surface area (Å²) in [6.07, 6.45) is 0.696. The largest absolute Gasteiger partial charge is 0.295 e. The van der Waals surface area contributed by atoms with Crippen LogP contribution in [0.15, 0.2) is 41.4 Å². The van der Waals surface area contributed by atoms with E-state index in [9.17, 15) is 9.59 Å². The lowest BCUT2D eigenvalue weighted by Gasteiger charge is -2.32. The molecule has 0 aromatic heterocycles. The van der Waals surface area contributed by atoms with Gasteiger partial charge in [0.2, 0.25) is 5.91 Å². The van der Waals surface area contributed by atoms with Crippen molar-refractivity contribution in [2.75, 3.05) is 6.54 Å². The molecule has 0 spiro atoms. The molecule has 2 aromatic carbocycles. The van der Waals surface area contributed by atoms with E-state index in [4.69, 9.17) is 0 Å². The fourth-order valence-electron chi connectivity index (χ4n) is 3.04. The number of amides is 2. The first-order valence-electron chi connectivity index (χ1n) is 6.67. The fraction of sp³-hybridized carbons (Fsp3) is 0.188. The summed E-state index contributed by atoms with van der Waals surface area (Å²) in [5.41, 5.74) is 2.09. The smallest absolute Gasteiger partial charge is 0.257 e. The Kier molecular flexibility index (Phi) is 2.27. The Hall–Kier alpha value is -2.49. The van der Waals surface area contributed by atoms with Gasteiger partial charge in [-0.25, -0.2) is 0 Å². The number of benzene rings is 2. The van der Waals surface area contributed by atoms with E-state index in [-0.39, 0.29) is 18.2 Å². The van der Waals surface area contributed by atoms with Crippen LogP contribution in [-0.4, -0.2) is 29.1 Å². The van der Waals surface area contributed by atoms with E-state index in [0.717, 1.165) is 12.0 Å². The van der Waals surface area contributed by atoms with Gasteiger partial charge in [0.15, 0.2) is 0 Å². The Labute approximate surface area is 115 Å². The third-order valence-corrected chi connectivity index (χ3v) is 3.96. The first-order chi connectivity index (χ1) is 9.74. The highest BCUT2D eigenvalue weighted by molar-refractivity contribution is 6.21. The average Bonchev–Trinajstić information content (AvgIpc) is 2.46. The highest BCUT2D eigenvalue weighted by Crippen LogP contribution is 2.29. The minimum Gasteiger partial charge on any atom is -0.295 e. The predicted molar refractivity (Wildman–Crippen MR) is 75.5 cm³/mol. The summed E-state index contributed by atoms with van der Waals surface area (Å²) < 4.78 is 0. The molecule has 98 valence electrons. The van der Waals surface area contributed by atoms with Gasteiger partial charge in [0, 0.05) is 12.1 Å².